The van der Waals surface area contributed by atoms with Crippen LogP contribution in [-0.4, -0.2) is 46.9 Å². The summed E-state index contributed by atoms with van der Waals surface area (Å²) in [5, 5.41) is 0.657. The molecule has 1 aliphatic heterocycles. The van der Waals surface area contributed by atoms with E-state index in [1.165, 1.54) is 0 Å². The summed E-state index contributed by atoms with van der Waals surface area (Å²) >= 11 is 0. The van der Waals surface area contributed by atoms with Gasteiger partial charge in [-0.3, -0.25) is 4.98 Å². The summed E-state index contributed by atoms with van der Waals surface area (Å²) in [6.07, 6.45) is -0.107. The van der Waals surface area contributed by atoms with Gasteiger partial charge in [0.15, 0.2) is 0 Å². The van der Waals surface area contributed by atoms with Crippen LogP contribution in [0, 0.1) is 25.8 Å². The number of nitrogens with zero attached hydrogens (tertiary/aromatic N) is 4. The number of aryl methyl sites for hydroxylation is 2. The van der Waals surface area contributed by atoms with Crippen molar-refractivity contribution >= 4 is 16.7 Å². The van der Waals surface area contributed by atoms with Crippen molar-refractivity contribution in [3.63, 3.8) is 0 Å². The minimum Gasteiger partial charge on any atom is -0.379 e. The maximum atomic E-state index is 14.0. The molecule has 3 heterocycles. The van der Waals surface area contributed by atoms with E-state index in [9.17, 15) is 8.78 Å². The summed E-state index contributed by atoms with van der Waals surface area (Å²) in [7, 11) is 0. The van der Waals surface area contributed by atoms with Crippen LogP contribution in [0.15, 0.2) is 6.20 Å². The zero-order chi connectivity index (χ0) is 15.4. The lowest BCUT2D eigenvalue weighted by Crippen LogP contribution is -2.31. The molecule has 1 aliphatic carbocycles. The highest BCUT2D eigenvalue weighted by molar-refractivity contribution is 5.91. The van der Waals surface area contributed by atoms with Gasteiger partial charge in [-0.05, 0) is 19.4 Å². The Balaban J connectivity index is 1.89. The zero-order valence-corrected chi connectivity index (χ0v) is 12.4. The van der Waals surface area contributed by atoms with E-state index in [4.69, 9.17) is 4.74 Å². The third-order valence-corrected chi connectivity index (χ3v) is 4.64. The molecule has 0 unspecified atom stereocenters. The molecule has 2 aromatic rings. The first-order valence-electron chi connectivity index (χ1n) is 7.36. The number of alkyl halides is 1. The predicted octanol–water partition coefficient (Wildman–Crippen LogP) is 1.95. The molecule has 0 N–H and O–H groups in total. The quantitative estimate of drug-likeness (QED) is 0.754. The molecule has 1 saturated heterocycles. The van der Waals surface area contributed by atoms with Crippen LogP contribution in [0.3, 0.4) is 0 Å². The fourth-order valence-electron chi connectivity index (χ4n) is 3.17. The molecule has 2 aromatic heterocycles. The molecule has 3 atom stereocenters. The Bertz CT molecular complexity index is 754. The molecule has 0 spiro atoms. The molecular formula is C15H16F2N4O. The van der Waals surface area contributed by atoms with Crippen molar-refractivity contribution in [2.75, 3.05) is 24.7 Å². The Morgan fingerprint density at radius 1 is 1.32 bits per heavy atom. The smallest absolute Gasteiger partial charge is 0.311 e. The normalized spacial score (nSPS) is 27.6. The molecule has 116 valence electrons. The van der Waals surface area contributed by atoms with Crippen LogP contribution in [0.1, 0.15) is 11.3 Å². The van der Waals surface area contributed by atoms with Gasteiger partial charge in [0.05, 0.1) is 30.2 Å². The first-order chi connectivity index (χ1) is 10.6. The van der Waals surface area contributed by atoms with Crippen LogP contribution in [0.2, 0.25) is 0 Å². The van der Waals surface area contributed by atoms with E-state index >= 15 is 0 Å². The minimum absolute atomic E-state index is 0.157. The molecule has 2 fully saturated rings. The number of aromatic nitrogens is 3. The second-order valence-corrected chi connectivity index (χ2v) is 5.91. The summed E-state index contributed by atoms with van der Waals surface area (Å²) in [6, 6.07) is -0.290. The molecular weight excluding hydrogens is 290 g/mol. The lowest BCUT2D eigenvalue weighted by molar-refractivity contribution is 0.130. The number of ether oxygens (including phenoxy) is 1. The van der Waals surface area contributed by atoms with Crippen LogP contribution in [0.4, 0.5) is 14.6 Å². The number of rotatable bonds is 1. The maximum Gasteiger partial charge on any atom is 0.311 e. The Labute approximate surface area is 126 Å². The lowest BCUT2D eigenvalue weighted by atomic mass is 10.1. The van der Waals surface area contributed by atoms with Gasteiger partial charge >= 0.3 is 6.08 Å². The number of hydrogen-bond donors (Lipinski definition) is 0. The standard InChI is InChI=1S/C15H16F2N4O/c1-7-8(2)18-5-9-12(7)19-15(17)20-14(9)21-3-4-22-6-10-11(16)13(10)21/h5,10-11,13H,3-4,6H2,1-2H3/t10-,11-,13-/m0/s1. The molecule has 1 saturated carbocycles. The molecule has 2 aliphatic rings. The van der Waals surface area contributed by atoms with Gasteiger partial charge in [-0.2, -0.15) is 9.37 Å². The predicted molar refractivity (Wildman–Crippen MR) is 77.1 cm³/mol. The van der Waals surface area contributed by atoms with Gasteiger partial charge < -0.3 is 9.64 Å². The summed E-state index contributed by atoms with van der Waals surface area (Å²) in [5.74, 6) is 0.258. The Hall–Kier alpha value is -1.89. The van der Waals surface area contributed by atoms with Crippen molar-refractivity contribution in [2.45, 2.75) is 26.1 Å². The van der Waals surface area contributed by atoms with Gasteiger partial charge in [-0.25, -0.2) is 9.37 Å². The van der Waals surface area contributed by atoms with Crippen LogP contribution in [-0.2, 0) is 4.74 Å². The van der Waals surface area contributed by atoms with Crippen molar-refractivity contribution in [3.8, 4) is 0 Å². The van der Waals surface area contributed by atoms with Gasteiger partial charge in [-0.15, -0.1) is 0 Å². The first kappa shape index (κ1) is 13.8. The summed E-state index contributed by atoms with van der Waals surface area (Å²) < 4.78 is 33.3. The first-order valence-corrected chi connectivity index (χ1v) is 7.36. The monoisotopic (exact) mass is 306 g/mol. The Morgan fingerprint density at radius 3 is 2.95 bits per heavy atom. The van der Waals surface area contributed by atoms with Gasteiger partial charge in [0.25, 0.3) is 0 Å². The van der Waals surface area contributed by atoms with Gasteiger partial charge in [-0.1, -0.05) is 0 Å². The second kappa shape index (κ2) is 4.81. The summed E-state index contributed by atoms with van der Waals surface area (Å²) in [6.45, 7) is 5.07. The summed E-state index contributed by atoms with van der Waals surface area (Å²) in [4.78, 5) is 14.0. The third-order valence-electron chi connectivity index (χ3n) is 4.64. The fourth-order valence-corrected chi connectivity index (χ4v) is 3.17. The molecule has 5 nitrogen and oxygen atoms in total. The molecule has 0 aromatic carbocycles. The average molecular weight is 306 g/mol. The number of pyridine rings is 1. The van der Waals surface area contributed by atoms with E-state index in [0.717, 1.165) is 11.3 Å². The number of hydrogen-bond acceptors (Lipinski definition) is 5. The van der Waals surface area contributed by atoms with Crippen molar-refractivity contribution in [1.29, 1.82) is 0 Å². The van der Waals surface area contributed by atoms with Crippen LogP contribution >= 0.6 is 0 Å². The topological polar surface area (TPSA) is 51.1 Å². The number of anilines is 1. The molecule has 7 heteroatoms. The highest BCUT2D eigenvalue weighted by atomic mass is 19.1. The van der Waals surface area contributed by atoms with E-state index in [-0.39, 0.29) is 12.0 Å². The van der Waals surface area contributed by atoms with Crippen molar-refractivity contribution in [2.24, 2.45) is 5.92 Å². The van der Waals surface area contributed by atoms with E-state index in [2.05, 4.69) is 15.0 Å². The van der Waals surface area contributed by atoms with Crippen molar-refractivity contribution in [1.82, 2.24) is 15.0 Å². The number of fused-ring (bicyclic) bond motifs is 2. The molecule has 0 radical (unpaired) electrons. The number of halogens is 2. The van der Waals surface area contributed by atoms with Gasteiger partial charge in [0.1, 0.15) is 12.0 Å². The highest BCUT2D eigenvalue weighted by Crippen LogP contribution is 2.43. The van der Waals surface area contributed by atoms with E-state index in [1.807, 2.05) is 18.7 Å². The van der Waals surface area contributed by atoms with Crippen LogP contribution in [0.5, 0.6) is 0 Å². The zero-order valence-electron chi connectivity index (χ0n) is 12.4. The van der Waals surface area contributed by atoms with Crippen LogP contribution < -0.4 is 4.90 Å². The molecule has 4 rings (SSSR count). The largest absolute Gasteiger partial charge is 0.379 e. The Kier molecular flexibility index (Phi) is 3.00. The molecule has 0 amide bonds. The minimum atomic E-state index is -0.951. The lowest BCUT2D eigenvalue weighted by Gasteiger charge is -2.23. The van der Waals surface area contributed by atoms with Crippen molar-refractivity contribution < 1.29 is 13.5 Å². The maximum absolute atomic E-state index is 14.0. The summed E-state index contributed by atoms with van der Waals surface area (Å²) in [5.41, 5.74) is 2.14. The second-order valence-electron chi connectivity index (χ2n) is 5.91. The van der Waals surface area contributed by atoms with Crippen molar-refractivity contribution in [3.05, 3.63) is 23.5 Å². The van der Waals surface area contributed by atoms with Gasteiger partial charge in [0.2, 0.25) is 0 Å². The molecule has 22 heavy (non-hydrogen) atoms. The van der Waals surface area contributed by atoms with Gasteiger partial charge in [0, 0.05) is 24.4 Å². The SMILES string of the molecule is Cc1ncc2c(N3CCOC[C@H]4[C@H](F)[C@H]43)nc(F)nc2c1C. The third kappa shape index (κ3) is 1.95. The average Bonchev–Trinajstić information content (AvgIpc) is 3.18. The van der Waals surface area contributed by atoms with E-state index < -0.39 is 12.2 Å². The highest BCUT2D eigenvalue weighted by Gasteiger charge is 2.56. The van der Waals surface area contributed by atoms with E-state index in [0.29, 0.717) is 36.5 Å². The molecule has 0 bridgehead atoms. The fraction of sp³-hybridized carbons (Fsp3) is 0.533. The van der Waals surface area contributed by atoms with E-state index in [1.54, 1.807) is 6.20 Å². The van der Waals surface area contributed by atoms with Crippen LogP contribution in [0.25, 0.3) is 10.9 Å². The Morgan fingerprint density at radius 2 is 2.14 bits per heavy atom.